The fraction of sp³-hybridized carbons (Fsp3) is 0.333. The Hall–Kier alpha value is -3.64. The third kappa shape index (κ3) is 8.24. The second-order valence-corrected chi connectivity index (χ2v) is 8.51. The van der Waals surface area contributed by atoms with Crippen molar-refractivity contribution in [1.29, 1.82) is 0 Å². The molecule has 0 radical (unpaired) electrons. The zero-order valence-electron chi connectivity index (χ0n) is 21.2. The molecule has 0 heterocycles. The van der Waals surface area contributed by atoms with Crippen LogP contribution in [0.25, 0.3) is 0 Å². The Balaban J connectivity index is 1.86. The van der Waals surface area contributed by atoms with Gasteiger partial charge >= 0.3 is 0 Å². The fourth-order valence-electron chi connectivity index (χ4n) is 4.03. The first-order valence-electron chi connectivity index (χ1n) is 12.5. The third-order valence-corrected chi connectivity index (χ3v) is 5.95. The van der Waals surface area contributed by atoms with Gasteiger partial charge in [0.1, 0.15) is 11.8 Å². The average Bonchev–Trinajstić information content (AvgIpc) is 2.93. The Morgan fingerprint density at radius 1 is 0.889 bits per heavy atom. The van der Waals surface area contributed by atoms with Crippen LogP contribution in [-0.4, -0.2) is 43.6 Å². The summed E-state index contributed by atoms with van der Waals surface area (Å²) in [6, 6.07) is 26.3. The maximum Gasteiger partial charge on any atom is 0.247 e. The normalized spacial score (nSPS) is 11.5. The molecular formula is C30H36N2O4. The summed E-state index contributed by atoms with van der Waals surface area (Å²) >= 11 is 0. The molecule has 0 unspecified atom stereocenters. The Bertz CT molecular complexity index is 1060. The second-order valence-electron chi connectivity index (χ2n) is 8.51. The van der Waals surface area contributed by atoms with Crippen molar-refractivity contribution >= 4 is 11.8 Å². The van der Waals surface area contributed by atoms with Gasteiger partial charge in [0.2, 0.25) is 11.8 Å². The summed E-state index contributed by atoms with van der Waals surface area (Å²) in [6.45, 7) is 3.97. The van der Waals surface area contributed by atoms with Crippen LogP contribution in [0.1, 0.15) is 42.5 Å². The van der Waals surface area contributed by atoms with Crippen LogP contribution in [0.2, 0.25) is 0 Å². The lowest BCUT2D eigenvalue weighted by atomic mass is 10.0. The highest BCUT2D eigenvalue weighted by Gasteiger charge is 2.31. The monoisotopic (exact) mass is 488 g/mol. The van der Waals surface area contributed by atoms with Crippen molar-refractivity contribution in [3.05, 3.63) is 102 Å². The van der Waals surface area contributed by atoms with Crippen molar-refractivity contribution < 1.29 is 19.1 Å². The number of nitrogens with zero attached hydrogens (tertiary/aromatic N) is 1. The first-order chi connectivity index (χ1) is 17.6. The molecule has 6 nitrogen and oxygen atoms in total. The molecule has 190 valence electrons. The molecule has 3 aromatic rings. The lowest BCUT2D eigenvalue weighted by molar-refractivity contribution is -0.141. The molecule has 0 saturated heterocycles. The van der Waals surface area contributed by atoms with Crippen LogP contribution in [-0.2, 0) is 27.3 Å². The highest BCUT2D eigenvalue weighted by molar-refractivity contribution is 5.88. The predicted octanol–water partition coefficient (Wildman–Crippen LogP) is 4.94. The van der Waals surface area contributed by atoms with Crippen LogP contribution in [0, 0.1) is 0 Å². The lowest BCUT2D eigenvalue weighted by Crippen LogP contribution is -2.43. The average molecular weight is 489 g/mol. The molecule has 0 bridgehead atoms. The van der Waals surface area contributed by atoms with Crippen molar-refractivity contribution in [3.8, 4) is 5.75 Å². The molecule has 0 aliphatic rings. The first kappa shape index (κ1) is 27.0. The van der Waals surface area contributed by atoms with E-state index in [2.05, 4.69) is 5.32 Å². The quantitative estimate of drug-likeness (QED) is 0.326. The smallest absolute Gasteiger partial charge is 0.247 e. The number of ether oxygens (including phenoxy) is 2. The minimum absolute atomic E-state index is 0.0759. The topological polar surface area (TPSA) is 67.9 Å². The van der Waals surface area contributed by atoms with Crippen LogP contribution in [0.4, 0.5) is 0 Å². The van der Waals surface area contributed by atoms with Gasteiger partial charge in [0, 0.05) is 32.7 Å². The molecule has 0 aliphatic carbocycles. The molecule has 0 fully saturated rings. The van der Waals surface area contributed by atoms with Crippen LogP contribution < -0.4 is 10.1 Å². The van der Waals surface area contributed by atoms with Crippen molar-refractivity contribution in [2.75, 3.05) is 26.9 Å². The van der Waals surface area contributed by atoms with E-state index in [9.17, 15) is 9.59 Å². The number of carbonyl (C=O) groups is 2. The van der Waals surface area contributed by atoms with Gasteiger partial charge < -0.3 is 19.7 Å². The maximum absolute atomic E-state index is 13.7. The van der Waals surface area contributed by atoms with Gasteiger partial charge in [0.05, 0.1) is 7.11 Å². The van der Waals surface area contributed by atoms with Gasteiger partial charge in [-0.15, -0.1) is 0 Å². The zero-order valence-corrected chi connectivity index (χ0v) is 21.2. The summed E-state index contributed by atoms with van der Waals surface area (Å²) in [5.41, 5.74) is 2.79. The van der Waals surface area contributed by atoms with Gasteiger partial charge in [-0.2, -0.15) is 0 Å². The molecule has 3 aromatic carbocycles. The van der Waals surface area contributed by atoms with Crippen molar-refractivity contribution in [3.63, 3.8) is 0 Å². The molecular weight excluding hydrogens is 452 g/mol. The second kappa shape index (κ2) is 14.7. The summed E-state index contributed by atoms with van der Waals surface area (Å²) in [5, 5.41) is 3.02. The van der Waals surface area contributed by atoms with Gasteiger partial charge in [-0.1, -0.05) is 72.8 Å². The van der Waals surface area contributed by atoms with Crippen LogP contribution >= 0.6 is 0 Å². The van der Waals surface area contributed by atoms with Crippen molar-refractivity contribution in [2.45, 2.75) is 38.8 Å². The van der Waals surface area contributed by atoms with Gasteiger partial charge in [-0.25, -0.2) is 0 Å². The Labute approximate surface area is 214 Å². The largest absolute Gasteiger partial charge is 0.497 e. The van der Waals surface area contributed by atoms with E-state index in [1.165, 1.54) is 0 Å². The SMILES string of the molecule is CCOCCCNC(=O)[C@H](c1ccccc1)N(Cc1ccc(OC)cc1)C(=O)CCc1ccccc1. The lowest BCUT2D eigenvalue weighted by Gasteiger charge is -2.32. The predicted molar refractivity (Wildman–Crippen MR) is 142 cm³/mol. The fourth-order valence-corrected chi connectivity index (χ4v) is 4.03. The minimum Gasteiger partial charge on any atom is -0.497 e. The molecule has 1 atom stereocenters. The Morgan fingerprint density at radius 2 is 1.56 bits per heavy atom. The van der Waals surface area contributed by atoms with E-state index in [0.717, 1.165) is 22.4 Å². The molecule has 2 amide bonds. The van der Waals surface area contributed by atoms with E-state index in [1.807, 2.05) is 91.9 Å². The molecule has 0 aromatic heterocycles. The zero-order chi connectivity index (χ0) is 25.6. The maximum atomic E-state index is 13.7. The van der Waals surface area contributed by atoms with Crippen LogP contribution in [0.5, 0.6) is 5.75 Å². The van der Waals surface area contributed by atoms with E-state index in [1.54, 1.807) is 12.0 Å². The Kier molecular flexibility index (Phi) is 11.0. The summed E-state index contributed by atoms with van der Waals surface area (Å²) in [4.78, 5) is 28.9. The number of amides is 2. The number of hydrogen-bond donors (Lipinski definition) is 1. The first-order valence-corrected chi connectivity index (χ1v) is 12.5. The molecule has 6 heteroatoms. The molecule has 0 saturated carbocycles. The molecule has 0 spiro atoms. The summed E-state index contributed by atoms with van der Waals surface area (Å²) in [5.74, 6) is 0.472. The number of carbonyl (C=O) groups excluding carboxylic acids is 2. The van der Waals surface area contributed by atoms with E-state index < -0.39 is 6.04 Å². The standard InChI is InChI=1S/C30H36N2O4/c1-3-36-22-10-21-31-30(34)29(26-13-8-5-9-14-26)32(23-25-15-18-27(35-2)19-16-25)28(33)20-17-24-11-6-4-7-12-24/h4-9,11-16,18-19,29H,3,10,17,20-23H2,1-2H3,(H,31,34)/t29-/m0/s1. The van der Waals surface area contributed by atoms with E-state index >= 15 is 0 Å². The van der Waals surface area contributed by atoms with E-state index in [4.69, 9.17) is 9.47 Å². The van der Waals surface area contributed by atoms with Crippen molar-refractivity contribution in [2.24, 2.45) is 0 Å². The highest BCUT2D eigenvalue weighted by atomic mass is 16.5. The van der Waals surface area contributed by atoms with Crippen LogP contribution in [0.15, 0.2) is 84.9 Å². The van der Waals surface area contributed by atoms with Crippen LogP contribution in [0.3, 0.4) is 0 Å². The number of aryl methyl sites for hydroxylation is 1. The number of methoxy groups -OCH3 is 1. The van der Waals surface area contributed by atoms with Gasteiger partial charge in [-0.05, 0) is 48.6 Å². The van der Waals surface area contributed by atoms with E-state index in [-0.39, 0.29) is 11.8 Å². The Morgan fingerprint density at radius 3 is 2.19 bits per heavy atom. The van der Waals surface area contributed by atoms with Gasteiger partial charge in [0.15, 0.2) is 0 Å². The minimum atomic E-state index is -0.747. The van der Waals surface area contributed by atoms with Gasteiger partial charge in [-0.3, -0.25) is 9.59 Å². The van der Waals surface area contributed by atoms with Crippen molar-refractivity contribution in [1.82, 2.24) is 10.2 Å². The highest BCUT2D eigenvalue weighted by Crippen LogP contribution is 2.26. The summed E-state index contributed by atoms with van der Waals surface area (Å²) < 4.78 is 10.7. The van der Waals surface area contributed by atoms with Gasteiger partial charge in [0.25, 0.3) is 0 Å². The number of benzene rings is 3. The third-order valence-electron chi connectivity index (χ3n) is 5.95. The number of nitrogens with one attached hydrogen (secondary N) is 1. The summed E-state index contributed by atoms with van der Waals surface area (Å²) in [6.07, 6.45) is 1.62. The molecule has 36 heavy (non-hydrogen) atoms. The summed E-state index contributed by atoms with van der Waals surface area (Å²) in [7, 11) is 1.62. The molecule has 0 aliphatic heterocycles. The number of hydrogen-bond acceptors (Lipinski definition) is 4. The number of rotatable bonds is 14. The molecule has 3 rings (SSSR count). The molecule has 1 N–H and O–H groups in total. The van der Waals surface area contributed by atoms with E-state index in [0.29, 0.717) is 45.6 Å².